The quantitative estimate of drug-likeness (QED) is 0.121. The molecule has 0 saturated carbocycles. The Labute approximate surface area is 174 Å². The van der Waals surface area contributed by atoms with E-state index in [0.717, 1.165) is 0 Å². The highest BCUT2D eigenvalue weighted by molar-refractivity contribution is 8.14. The molecule has 2 aromatic rings. The van der Waals surface area contributed by atoms with Crippen LogP contribution in [0.3, 0.4) is 0 Å². The molecule has 0 radical (unpaired) electrons. The molecule has 0 spiro atoms. The average Bonchev–Trinajstić information content (AvgIpc) is 3.10. The lowest BCUT2D eigenvalue weighted by molar-refractivity contribution is -0.205. The summed E-state index contributed by atoms with van der Waals surface area (Å²) in [5, 5.41) is 53.1. The Kier molecular flexibility index (Phi) is 6.88. The molecule has 0 aliphatic carbocycles. The maximum atomic E-state index is 10.9. The van der Waals surface area contributed by atoms with E-state index in [4.69, 9.17) is 9.29 Å². The topological polar surface area (TPSA) is 202 Å². The van der Waals surface area contributed by atoms with Crippen molar-refractivity contribution in [1.82, 2.24) is 4.98 Å². The van der Waals surface area contributed by atoms with Gasteiger partial charge in [0.2, 0.25) is 0 Å². The second-order valence-electron chi connectivity index (χ2n) is 6.49. The Morgan fingerprint density at radius 2 is 1.97 bits per heavy atom. The number of nitrogens with one attached hydrogen (secondary N) is 1. The fourth-order valence-corrected chi connectivity index (χ4v) is 4.34. The van der Waals surface area contributed by atoms with Gasteiger partial charge in [0, 0.05) is 23.5 Å². The third-order valence-electron chi connectivity index (χ3n) is 4.44. The maximum Gasteiger partial charge on any atom is 0.466 e. The van der Waals surface area contributed by atoms with Crippen molar-refractivity contribution in [2.45, 2.75) is 36.3 Å². The predicted octanol–water partition coefficient (Wildman–Crippen LogP) is -0.918. The number of aromatic nitrogens is 1. The lowest BCUT2D eigenvalue weighted by Crippen LogP contribution is -2.57. The monoisotopic (exact) mass is 464 g/mol. The van der Waals surface area contributed by atoms with Crippen molar-refractivity contribution in [3.8, 4) is 5.75 Å². The largest absolute Gasteiger partial charge is 0.507 e. The van der Waals surface area contributed by atoms with Gasteiger partial charge in [-0.15, -0.1) is 0 Å². The van der Waals surface area contributed by atoms with Gasteiger partial charge in [-0.2, -0.15) is 8.42 Å². The number of thioether (sulfide) groups is 1. The fourth-order valence-electron chi connectivity index (χ4n) is 3.02. The summed E-state index contributed by atoms with van der Waals surface area (Å²) in [4.78, 5) is 2.93. The minimum absolute atomic E-state index is 0.0448. The molecule has 166 valence electrons. The first-order valence-corrected chi connectivity index (χ1v) is 10.8. The van der Waals surface area contributed by atoms with Crippen LogP contribution >= 0.6 is 11.8 Å². The van der Waals surface area contributed by atoms with E-state index in [1.54, 1.807) is 18.3 Å². The van der Waals surface area contributed by atoms with Crippen LogP contribution in [0, 0.1) is 0 Å². The van der Waals surface area contributed by atoms with Crippen LogP contribution in [0.15, 0.2) is 29.6 Å². The highest BCUT2D eigenvalue weighted by Crippen LogP contribution is 2.33. The van der Waals surface area contributed by atoms with Gasteiger partial charge in [0.05, 0.1) is 6.61 Å². The van der Waals surface area contributed by atoms with Gasteiger partial charge in [-0.25, -0.2) is 4.28 Å². The van der Waals surface area contributed by atoms with Gasteiger partial charge >= 0.3 is 10.4 Å². The van der Waals surface area contributed by atoms with Crippen molar-refractivity contribution in [3.63, 3.8) is 0 Å². The summed E-state index contributed by atoms with van der Waals surface area (Å²) in [7, 11) is -4.93. The van der Waals surface area contributed by atoms with E-state index in [2.05, 4.69) is 14.4 Å². The van der Waals surface area contributed by atoms with Crippen LogP contribution < -0.4 is 0 Å². The van der Waals surface area contributed by atoms with Gasteiger partial charge < -0.3 is 35.3 Å². The summed E-state index contributed by atoms with van der Waals surface area (Å²) in [5.74, 6) is -0.0448. The molecular formula is C16H20N2O10S2. The number of rotatable bonds is 6. The molecule has 30 heavy (non-hydrogen) atoms. The predicted molar refractivity (Wildman–Crippen MR) is 105 cm³/mol. The third-order valence-corrected chi connectivity index (χ3v) is 5.82. The molecule has 3 rings (SSSR count). The molecule has 1 aromatic heterocycles. The summed E-state index contributed by atoms with van der Waals surface area (Å²) in [6.07, 6.45) is -4.58. The summed E-state index contributed by atoms with van der Waals surface area (Å²) in [6, 6.07) is 4.78. The normalized spacial score (nSPS) is 28.0. The van der Waals surface area contributed by atoms with Crippen molar-refractivity contribution in [2.75, 3.05) is 6.61 Å². The number of nitrogens with zero attached hydrogens (tertiary/aromatic N) is 1. The Hall–Kier alpha value is -1.91. The standard InChI is InChI=1S/C16H20N2O10S2/c19-6-10-13(21)14(22)15(23)16(27-10)29-11(18-28-30(24,25)26)4-7-5-17-8-2-1-3-9(20)12(7)8/h1-3,5,10,13-17,19-23H,4,6H2,(H,24,25,26)/b18-11-. The molecule has 7 N–H and O–H groups in total. The SMILES string of the molecule is O=S(=O)(O)O/N=C(/Cc1c[nH]c2cccc(O)c12)SC1OC(CO)C(O)C(O)C1O. The zero-order valence-corrected chi connectivity index (χ0v) is 16.8. The van der Waals surface area contributed by atoms with E-state index in [-0.39, 0.29) is 17.2 Å². The molecule has 1 aliphatic rings. The molecule has 0 bridgehead atoms. The number of oxime groups is 1. The number of hydrogen-bond donors (Lipinski definition) is 7. The van der Waals surface area contributed by atoms with Gasteiger partial charge in [-0.3, -0.25) is 4.55 Å². The molecule has 2 heterocycles. The van der Waals surface area contributed by atoms with E-state index in [1.165, 1.54) is 6.07 Å². The van der Waals surface area contributed by atoms with Gasteiger partial charge in [-0.1, -0.05) is 23.0 Å². The minimum atomic E-state index is -4.93. The molecule has 0 amide bonds. The van der Waals surface area contributed by atoms with Crippen molar-refractivity contribution in [3.05, 3.63) is 30.0 Å². The van der Waals surface area contributed by atoms with Crippen molar-refractivity contribution in [1.29, 1.82) is 0 Å². The highest BCUT2D eigenvalue weighted by Gasteiger charge is 2.44. The number of aliphatic hydroxyl groups is 4. The van der Waals surface area contributed by atoms with Gasteiger partial charge in [0.25, 0.3) is 0 Å². The van der Waals surface area contributed by atoms with E-state index in [1.807, 2.05) is 0 Å². The molecule has 1 aliphatic heterocycles. The van der Waals surface area contributed by atoms with Crippen LogP contribution in [0.2, 0.25) is 0 Å². The molecule has 5 atom stereocenters. The first kappa shape index (κ1) is 22.8. The summed E-state index contributed by atoms with van der Waals surface area (Å²) in [5.41, 5.74) is -0.182. The number of aliphatic hydroxyl groups excluding tert-OH is 4. The smallest absolute Gasteiger partial charge is 0.466 e. The molecule has 12 nitrogen and oxygen atoms in total. The van der Waals surface area contributed by atoms with Crippen molar-refractivity contribution >= 4 is 38.1 Å². The van der Waals surface area contributed by atoms with E-state index in [0.29, 0.717) is 28.2 Å². The Morgan fingerprint density at radius 1 is 1.23 bits per heavy atom. The van der Waals surface area contributed by atoms with Crippen LogP contribution in [0.4, 0.5) is 0 Å². The second-order valence-corrected chi connectivity index (χ2v) is 8.67. The minimum Gasteiger partial charge on any atom is -0.507 e. The van der Waals surface area contributed by atoms with Crippen LogP contribution in [0.25, 0.3) is 10.9 Å². The molecule has 1 saturated heterocycles. The number of aromatic amines is 1. The third kappa shape index (κ3) is 5.04. The number of H-pyrrole nitrogens is 1. The maximum absolute atomic E-state index is 10.9. The Bertz CT molecular complexity index is 1020. The molecular weight excluding hydrogens is 444 g/mol. The number of fused-ring (bicyclic) bond motifs is 1. The van der Waals surface area contributed by atoms with E-state index in [9.17, 15) is 34.0 Å². The zero-order chi connectivity index (χ0) is 22.1. The molecule has 5 unspecified atom stereocenters. The van der Waals surface area contributed by atoms with E-state index >= 15 is 0 Å². The van der Waals surface area contributed by atoms with Crippen LogP contribution in [0.5, 0.6) is 5.75 Å². The van der Waals surface area contributed by atoms with Crippen LogP contribution in [-0.2, 0) is 25.8 Å². The lowest BCUT2D eigenvalue weighted by Gasteiger charge is -2.39. The van der Waals surface area contributed by atoms with E-state index < -0.39 is 46.9 Å². The number of phenols is 1. The summed E-state index contributed by atoms with van der Waals surface area (Å²) < 4.78 is 40.2. The van der Waals surface area contributed by atoms with Crippen LogP contribution in [0.1, 0.15) is 5.56 Å². The number of hydrogen-bond acceptors (Lipinski definition) is 11. The highest BCUT2D eigenvalue weighted by atomic mass is 32.3. The first-order valence-electron chi connectivity index (χ1n) is 8.58. The number of ether oxygens (including phenoxy) is 1. The zero-order valence-electron chi connectivity index (χ0n) is 15.2. The fraction of sp³-hybridized carbons (Fsp3) is 0.438. The lowest BCUT2D eigenvalue weighted by atomic mass is 10.0. The number of phenolic OH excluding ortho intramolecular Hbond substituents is 1. The van der Waals surface area contributed by atoms with Crippen LogP contribution in [-0.4, -0.2) is 85.0 Å². The molecule has 14 heteroatoms. The average molecular weight is 464 g/mol. The van der Waals surface area contributed by atoms with Gasteiger partial charge in [-0.05, 0) is 17.7 Å². The number of benzene rings is 1. The Morgan fingerprint density at radius 3 is 2.63 bits per heavy atom. The van der Waals surface area contributed by atoms with Gasteiger partial charge in [0.1, 0.15) is 40.6 Å². The first-order chi connectivity index (χ1) is 14.1. The Balaban J connectivity index is 1.89. The second kappa shape index (κ2) is 9.07. The molecule has 1 fully saturated rings. The van der Waals surface area contributed by atoms with Gasteiger partial charge in [0.15, 0.2) is 0 Å². The summed E-state index contributed by atoms with van der Waals surface area (Å²) in [6.45, 7) is -0.647. The molecule has 1 aromatic carbocycles. The number of aromatic hydroxyl groups is 1. The van der Waals surface area contributed by atoms with Crippen molar-refractivity contribution < 1.29 is 47.5 Å². The summed E-state index contributed by atoms with van der Waals surface area (Å²) >= 11 is 0.651. The van der Waals surface area contributed by atoms with Crippen molar-refractivity contribution in [2.24, 2.45) is 5.16 Å².